The zero-order valence-corrected chi connectivity index (χ0v) is 6.08. The third-order valence-corrected chi connectivity index (χ3v) is 1.64. The van der Waals surface area contributed by atoms with Crippen LogP contribution in [-0.2, 0) is 0 Å². The number of rotatable bonds is 2. The van der Waals surface area contributed by atoms with Gasteiger partial charge in [-0.1, -0.05) is 13.3 Å². The summed E-state index contributed by atoms with van der Waals surface area (Å²) in [6, 6.07) is 0.569. The summed E-state index contributed by atoms with van der Waals surface area (Å²) in [7, 11) is 0. The van der Waals surface area contributed by atoms with Crippen LogP contribution in [0.1, 0.15) is 26.2 Å². The lowest BCUT2D eigenvalue weighted by molar-refractivity contribution is 0.683. The van der Waals surface area contributed by atoms with Crippen LogP contribution in [0.25, 0.3) is 0 Å². The average molecular weight is 136 g/mol. The molecule has 1 aliphatic rings. The van der Waals surface area contributed by atoms with Gasteiger partial charge in [0.1, 0.15) is 0 Å². The summed E-state index contributed by atoms with van der Waals surface area (Å²) in [6.07, 6.45) is 3.94. The van der Waals surface area contributed by atoms with Gasteiger partial charge in [-0.25, -0.2) is 0 Å². The molecule has 8 heavy (non-hydrogen) atoms. The van der Waals surface area contributed by atoms with Crippen LogP contribution < -0.4 is 5.73 Å². The SMILES string of the molecule is CCC[C@@H]1C[C@@H]1N.Cl. The third kappa shape index (κ3) is 2.01. The van der Waals surface area contributed by atoms with Crippen LogP contribution in [0.15, 0.2) is 0 Å². The van der Waals surface area contributed by atoms with E-state index >= 15 is 0 Å². The van der Waals surface area contributed by atoms with Crippen LogP contribution in [0.4, 0.5) is 0 Å². The Bertz CT molecular complexity index is 65.5. The van der Waals surface area contributed by atoms with Crippen molar-refractivity contribution in [3.05, 3.63) is 0 Å². The second kappa shape index (κ2) is 3.31. The van der Waals surface area contributed by atoms with E-state index in [1.807, 2.05) is 0 Å². The minimum absolute atomic E-state index is 0. The Balaban J connectivity index is 0.000000490. The van der Waals surface area contributed by atoms with Crippen molar-refractivity contribution in [2.24, 2.45) is 11.7 Å². The fourth-order valence-corrected chi connectivity index (χ4v) is 0.974. The highest BCUT2D eigenvalue weighted by molar-refractivity contribution is 5.85. The van der Waals surface area contributed by atoms with Crippen molar-refractivity contribution in [2.45, 2.75) is 32.2 Å². The predicted molar refractivity (Wildman–Crippen MR) is 38.2 cm³/mol. The maximum absolute atomic E-state index is 5.55. The summed E-state index contributed by atoms with van der Waals surface area (Å²) in [5.74, 6) is 0.894. The van der Waals surface area contributed by atoms with Gasteiger partial charge in [-0.05, 0) is 18.8 Å². The molecule has 0 aromatic carbocycles. The summed E-state index contributed by atoms with van der Waals surface area (Å²) in [4.78, 5) is 0. The first-order valence-electron chi connectivity index (χ1n) is 3.10. The highest BCUT2D eigenvalue weighted by Gasteiger charge is 2.31. The highest BCUT2D eigenvalue weighted by atomic mass is 35.5. The van der Waals surface area contributed by atoms with Crippen molar-refractivity contribution in [3.63, 3.8) is 0 Å². The van der Waals surface area contributed by atoms with Gasteiger partial charge < -0.3 is 5.73 Å². The maximum Gasteiger partial charge on any atom is 0.00709 e. The van der Waals surface area contributed by atoms with E-state index in [-0.39, 0.29) is 12.4 Å². The molecule has 0 aromatic rings. The van der Waals surface area contributed by atoms with E-state index in [9.17, 15) is 0 Å². The Kier molecular flexibility index (Phi) is 3.41. The van der Waals surface area contributed by atoms with Gasteiger partial charge in [0.05, 0.1) is 0 Å². The van der Waals surface area contributed by atoms with Crippen molar-refractivity contribution in [3.8, 4) is 0 Å². The first kappa shape index (κ1) is 8.25. The number of halogens is 1. The van der Waals surface area contributed by atoms with Crippen molar-refractivity contribution < 1.29 is 0 Å². The molecular weight excluding hydrogens is 122 g/mol. The summed E-state index contributed by atoms with van der Waals surface area (Å²) in [5.41, 5.74) is 5.55. The Morgan fingerprint density at radius 3 is 2.25 bits per heavy atom. The van der Waals surface area contributed by atoms with Crippen LogP contribution >= 0.6 is 12.4 Å². The molecule has 0 bridgehead atoms. The zero-order chi connectivity index (χ0) is 5.28. The largest absolute Gasteiger partial charge is 0.327 e. The van der Waals surface area contributed by atoms with Gasteiger partial charge in [-0.15, -0.1) is 12.4 Å². The van der Waals surface area contributed by atoms with E-state index in [1.54, 1.807) is 0 Å². The van der Waals surface area contributed by atoms with E-state index in [1.165, 1.54) is 19.3 Å². The molecule has 1 aliphatic carbocycles. The first-order valence-corrected chi connectivity index (χ1v) is 3.10. The molecule has 2 N–H and O–H groups in total. The minimum Gasteiger partial charge on any atom is -0.327 e. The minimum atomic E-state index is 0. The van der Waals surface area contributed by atoms with Gasteiger partial charge in [0.15, 0.2) is 0 Å². The van der Waals surface area contributed by atoms with Crippen molar-refractivity contribution in [1.29, 1.82) is 0 Å². The van der Waals surface area contributed by atoms with Crippen molar-refractivity contribution in [1.82, 2.24) is 0 Å². The molecule has 1 saturated carbocycles. The van der Waals surface area contributed by atoms with Gasteiger partial charge in [0.25, 0.3) is 0 Å². The van der Waals surface area contributed by atoms with Crippen LogP contribution in [0, 0.1) is 5.92 Å². The molecule has 0 saturated heterocycles. The lowest BCUT2D eigenvalue weighted by Crippen LogP contribution is -2.00. The number of hydrogen-bond donors (Lipinski definition) is 1. The molecular formula is C6H14ClN. The Morgan fingerprint density at radius 1 is 1.62 bits per heavy atom. The molecule has 1 fully saturated rings. The Labute approximate surface area is 57.1 Å². The van der Waals surface area contributed by atoms with Gasteiger partial charge in [-0.3, -0.25) is 0 Å². The molecule has 50 valence electrons. The molecule has 2 heteroatoms. The average Bonchev–Trinajstić information content (AvgIpc) is 2.22. The van der Waals surface area contributed by atoms with Crippen LogP contribution in [0.5, 0.6) is 0 Å². The molecule has 2 atom stereocenters. The molecule has 0 heterocycles. The topological polar surface area (TPSA) is 26.0 Å². The lowest BCUT2D eigenvalue weighted by Gasteiger charge is -1.86. The number of nitrogens with two attached hydrogens (primary N) is 1. The second-order valence-electron chi connectivity index (χ2n) is 2.45. The molecule has 0 unspecified atom stereocenters. The zero-order valence-electron chi connectivity index (χ0n) is 5.26. The highest BCUT2D eigenvalue weighted by Crippen LogP contribution is 2.31. The lowest BCUT2D eigenvalue weighted by atomic mass is 10.2. The summed E-state index contributed by atoms with van der Waals surface area (Å²) in [6.45, 7) is 2.21. The van der Waals surface area contributed by atoms with E-state index in [2.05, 4.69) is 6.92 Å². The fraction of sp³-hybridized carbons (Fsp3) is 1.00. The van der Waals surface area contributed by atoms with E-state index in [4.69, 9.17) is 5.73 Å². The quantitative estimate of drug-likeness (QED) is 0.611. The summed E-state index contributed by atoms with van der Waals surface area (Å²) < 4.78 is 0. The molecule has 0 amide bonds. The maximum atomic E-state index is 5.55. The van der Waals surface area contributed by atoms with Gasteiger partial charge >= 0.3 is 0 Å². The molecule has 0 aliphatic heterocycles. The normalized spacial score (nSPS) is 33.8. The Morgan fingerprint density at radius 2 is 2.12 bits per heavy atom. The smallest absolute Gasteiger partial charge is 0.00709 e. The molecule has 0 radical (unpaired) electrons. The summed E-state index contributed by atoms with van der Waals surface area (Å²) in [5, 5.41) is 0. The van der Waals surface area contributed by atoms with E-state index < -0.39 is 0 Å². The molecule has 0 aromatic heterocycles. The first-order chi connectivity index (χ1) is 3.34. The van der Waals surface area contributed by atoms with Crippen LogP contribution in [0.3, 0.4) is 0 Å². The molecule has 0 spiro atoms. The second-order valence-corrected chi connectivity index (χ2v) is 2.45. The third-order valence-electron chi connectivity index (χ3n) is 1.64. The monoisotopic (exact) mass is 135 g/mol. The van der Waals surface area contributed by atoms with Crippen LogP contribution in [-0.4, -0.2) is 6.04 Å². The predicted octanol–water partition coefficient (Wildman–Crippen LogP) is 1.56. The van der Waals surface area contributed by atoms with Gasteiger partial charge in [-0.2, -0.15) is 0 Å². The fourth-order valence-electron chi connectivity index (χ4n) is 0.974. The van der Waals surface area contributed by atoms with E-state index in [0.717, 1.165) is 5.92 Å². The standard InChI is InChI=1S/C6H13N.ClH/c1-2-3-5-4-6(5)7;/h5-6H,2-4,7H2,1H3;1H/t5-,6+;/m1./s1. The Hall–Kier alpha value is 0.250. The van der Waals surface area contributed by atoms with Crippen LogP contribution in [0.2, 0.25) is 0 Å². The van der Waals surface area contributed by atoms with Gasteiger partial charge in [0.2, 0.25) is 0 Å². The van der Waals surface area contributed by atoms with Crippen molar-refractivity contribution >= 4 is 12.4 Å². The number of hydrogen-bond acceptors (Lipinski definition) is 1. The summed E-state index contributed by atoms with van der Waals surface area (Å²) >= 11 is 0. The van der Waals surface area contributed by atoms with E-state index in [0.29, 0.717) is 6.04 Å². The molecule has 1 nitrogen and oxygen atoms in total. The van der Waals surface area contributed by atoms with Crippen molar-refractivity contribution in [2.75, 3.05) is 0 Å². The molecule has 1 rings (SSSR count). The van der Waals surface area contributed by atoms with Gasteiger partial charge in [0, 0.05) is 6.04 Å².